The van der Waals surface area contributed by atoms with E-state index >= 15 is 0 Å². The minimum Gasteiger partial charge on any atom is -0.335 e. The van der Waals surface area contributed by atoms with Crippen LogP contribution in [0.5, 0.6) is 0 Å². The monoisotopic (exact) mass is 324 g/mol. The number of nitrogens with zero attached hydrogens (tertiary/aromatic N) is 5. The first-order chi connectivity index (χ1) is 11.7. The van der Waals surface area contributed by atoms with Crippen LogP contribution in [-0.4, -0.2) is 45.5 Å². The lowest BCUT2D eigenvalue weighted by molar-refractivity contribution is 0.0973. The number of nitriles is 1. The molecule has 7 nitrogen and oxygen atoms in total. The van der Waals surface area contributed by atoms with Crippen molar-refractivity contribution >= 4 is 5.91 Å². The number of rotatable bonds is 7. The van der Waals surface area contributed by atoms with E-state index in [1.807, 2.05) is 10.8 Å². The van der Waals surface area contributed by atoms with E-state index in [-0.39, 0.29) is 0 Å². The Morgan fingerprint density at radius 1 is 1.46 bits per heavy atom. The third-order valence-corrected chi connectivity index (χ3v) is 4.09. The lowest BCUT2D eigenvalue weighted by Crippen LogP contribution is -2.25. The number of hydrogen-bond acceptors (Lipinski definition) is 5. The molecule has 0 unspecified atom stereocenters. The Bertz CT molecular complexity index is 758. The molecule has 1 N–H and O–H groups in total. The molecule has 2 aromatic rings. The molecule has 1 amide bonds. The van der Waals surface area contributed by atoms with Crippen LogP contribution in [0, 0.1) is 17.4 Å². The number of amides is 1. The molecule has 3 rings (SSSR count). The summed E-state index contributed by atoms with van der Waals surface area (Å²) in [4.78, 5) is 22.7. The molecule has 24 heavy (non-hydrogen) atoms. The molecule has 0 spiro atoms. The van der Waals surface area contributed by atoms with Crippen LogP contribution < -0.4 is 5.32 Å². The van der Waals surface area contributed by atoms with Gasteiger partial charge in [-0.15, -0.1) is 0 Å². The fourth-order valence-corrected chi connectivity index (χ4v) is 2.57. The molecule has 1 saturated carbocycles. The molecule has 124 valence electrons. The van der Waals surface area contributed by atoms with E-state index in [1.54, 1.807) is 30.9 Å². The molecular weight excluding hydrogens is 304 g/mol. The quantitative estimate of drug-likeness (QED) is 0.616. The minimum absolute atomic E-state index is 0.389. The molecule has 1 aliphatic rings. The number of pyridine rings is 1. The Kier molecular flexibility index (Phi) is 4.87. The third-order valence-electron chi connectivity index (χ3n) is 4.09. The van der Waals surface area contributed by atoms with Crippen molar-refractivity contribution in [2.75, 3.05) is 20.1 Å². The molecule has 0 aliphatic heterocycles. The summed E-state index contributed by atoms with van der Waals surface area (Å²) in [5.74, 6) is 0.446. The predicted octanol–water partition coefficient (Wildman–Crippen LogP) is 1.50. The fourth-order valence-electron chi connectivity index (χ4n) is 2.57. The highest BCUT2D eigenvalue weighted by atomic mass is 16.1. The van der Waals surface area contributed by atoms with Gasteiger partial charge < -0.3 is 9.47 Å². The van der Waals surface area contributed by atoms with Gasteiger partial charge in [0.05, 0.1) is 12.0 Å². The van der Waals surface area contributed by atoms with E-state index in [2.05, 4.69) is 27.2 Å². The number of imidazole rings is 1. The van der Waals surface area contributed by atoms with E-state index in [9.17, 15) is 4.79 Å². The van der Waals surface area contributed by atoms with Crippen molar-refractivity contribution in [3.05, 3.63) is 36.4 Å². The van der Waals surface area contributed by atoms with Crippen LogP contribution in [0.4, 0.5) is 0 Å². The van der Waals surface area contributed by atoms with Crippen molar-refractivity contribution in [3.63, 3.8) is 0 Å². The summed E-state index contributed by atoms with van der Waals surface area (Å²) in [6, 6.07) is 3.21. The summed E-state index contributed by atoms with van der Waals surface area (Å²) in [7, 11) is 2.15. The molecule has 2 aromatic heterocycles. The average molecular weight is 324 g/mol. The molecule has 1 fully saturated rings. The topological polar surface area (TPSA) is 86.8 Å². The zero-order valence-electron chi connectivity index (χ0n) is 13.6. The number of hydrogen-bond donors (Lipinski definition) is 1. The molecule has 7 heteroatoms. The normalized spacial score (nSPS) is 13.7. The van der Waals surface area contributed by atoms with Crippen molar-refractivity contribution in [1.29, 1.82) is 5.26 Å². The van der Waals surface area contributed by atoms with Gasteiger partial charge in [0, 0.05) is 37.6 Å². The average Bonchev–Trinajstić information content (AvgIpc) is 3.27. The second kappa shape index (κ2) is 7.23. The zero-order valence-corrected chi connectivity index (χ0v) is 13.6. The standard InChI is InChI=1S/C17H20N6O/c1-22(9-13-2-3-13)6-7-23-10-16(21-12-23)15-8-14(4-5-19-15)17(24)20-11-18/h4-5,8,10,12-13H,2-3,6-7,9H2,1H3,(H,20,24). The zero-order chi connectivity index (χ0) is 16.9. The van der Waals surface area contributed by atoms with E-state index in [0.29, 0.717) is 17.0 Å². The molecule has 0 atom stereocenters. The Balaban J connectivity index is 1.63. The first-order valence-electron chi connectivity index (χ1n) is 8.02. The van der Waals surface area contributed by atoms with Crippen LogP contribution in [0.2, 0.25) is 0 Å². The highest BCUT2D eigenvalue weighted by molar-refractivity contribution is 5.95. The van der Waals surface area contributed by atoms with Gasteiger partial charge >= 0.3 is 0 Å². The largest absolute Gasteiger partial charge is 0.335 e. The SMILES string of the molecule is CN(CCn1cnc(-c2cc(C(=O)NC#N)ccn2)c1)CC1CC1. The summed E-state index contributed by atoms with van der Waals surface area (Å²) < 4.78 is 2.03. The second-order valence-electron chi connectivity index (χ2n) is 6.20. The van der Waals surface area contributed by atoms with Crippen LogP contribution in [0.3, 0.4) is 0 Å². The van der Waals surface area contributed by atoms with E-state index in [0.717, 1.165) is 19.0 Å². The number of nitrogens with one attached hydrogen (secondary N) is 1. The minimum atomic E-state index is -0.442. The third kappa shape index (κ3) is 4.18. The predicted molar refractivity (Wildman–Crippen MR) is 88.8 cm³/mol. The van der Waals surface area contributed by atoms with Gasteiger partial charge in [0.2, 0.25) is 0 Å². The lowest BCUT2D eigenvalue weighted by Gasteiger charge is -2.15. The van der Waals surface area contributed by atoms with Gasteiger partial charge in [0.1, 0.15) is 5.69 Å². The first-order valence-corrected chi connectivity index (χ1v) is 8.02. The summed E-state index contributed by atoms with van der Waals surface area (Å²) >= 11 is 0. The number of carbonyl (C=O) groups is 1. The Hall–Kier alpha value is -2.72. The molecule has 0 aromatic carbocycles. The highest BCUT2D eigenvalue weighted by Crippen LogP contribution is 2.29. The maximum atomic E-state index is 11.7. The van der Waals surface area contributed by atoms with Gasteiger partial charge in [-0.3, -0.25) is 15.1 Å². The first kappa shape index (κ1) is 16.1. The van der Waals surface area contributed by atoms with Crippen LogP contribution in [-0.2, 0) is 6.54 Å². The van der Waals surface area contributed by atoms with Crippen molar-refractivity contribution in [1.82, 2.24) is 24.8 Å². The van der Waals surface area contributed by atoms with Crippen molar-refractivity contribution in [3.8, 4) is 17.6 Å². The number of likely N-dealkylation sites (N-methyl/N-ethyl adjacent to an activating group) is 1. The maximum Gasteiger partial charge on any atom is 0.264 e. The molecular formula is C17H20N6O. The number of carbonyl (C=O) groups excluding carboxylic acids is 1. The second-order valence-corrected chi connectivity index (χ2v) is 6.20. The van der Waals surface area contributed by atoms with Crippen LogP contribution in [0.15, 0.2) is 30.9 Å². The van der Waals surface area contributed by atoms with Crippen molar-refractivity contribution in [2.24, 2.45) is 5.92 Å². The lowest BCUT2D eigenvalue weighted by atomic mass is 10.2. The Morgan fingerprint density at radius 2 is 2.29 bits per heavy atom. The molecule has 0 radical (unpaired) electrons. The summed E-state index contributed by atoms with van der Waals surface area (Å²) in [5, 5.41) is 10.6. The van der Waals surface area contributed by atoms with Crippen molar-refractivity contribution < 1.29 is 4.79 Å². The number of aromatic nitrogens is 3. The van der Waals surface area contributed by atoms with Gasteiger partial charge in [0.25, 0.3) is 5.91 Å². The highest BCUT2D eigenvalue weighted by Gasteiger charge is 2.22. The smallest absolute Gasteiger partial charge is 0.264 e. The van der Waals surface area contributed by atoms with Gasteiger partial charge in [-0.05, 0) is 37.9 Å². The molecule has 2 heterocycles. The van der Waals surface area contributed by atoms with Crippen LogP contribution in [0.1, 0.15) is 23.2 Å². The molecule has 0 saturated heterocycles. The van der Waals surface area contributed by atoms with Crippen molar-refractivity contribution in [2.45, 2.75) is 19.4 Å². The summed E-state index contributed by atoms with van der Waals surface area (Å²) in [6.45, 7) is 3.01. The summed E-state index contributed by atoms with van der Waals surface area (Å²) in [6.07, 6.45) is 9.61. The van der Waals surface area contributed by atoms with Gasteiger partial charge in [-0.2, -0.15) is 5.26 Å². The van der Waals surface area contributed by atoms with Gasteiger partial charge in [-0.1, -0.05) is 0 Å². The summed E-state index contributed by atoms with van der Waals surface area (Å²) in [5.41, 5.74) is 1.72. The Morgan fingerprint density at radius 3 is 3.04 bits per heavy atom. The van der Waals surface area contributed by atoms with Crippen LogP contribution >= 0.6 is 0 Å². The molecule has 1 aliphatic carbocycles. The molecule has 0 bridgehead atoms. The Labute approximate surface area is 140 Å². The van der Waals surface area contributed by atoms with E-state index in [1.165, 1.54) is 19.4 Å². The van der Waals surface area contributed by atoms with Crippen LogP contribution in [0.25, 0.3) is 11.4 Å². The van der Waals surface area contributed by atoms with Gasteiger partial charge in [0.15, 0.2) is 6.19 Å². The van der Waals surface area contributed by atoms with Gasteiger partial charge in [-0.25, -0.2) is 4.98 Å². The maximum absolute atomic E-state index is 11.7. The van der Waals surface area contributed by atoms with E-state index in [4.69, 9.17) is 5.26 Å². The van der Waals surface area contributed by atoms with E-state index < -0.39 is 5.91 Å². The fraction of sp³-hybridized carbons (Fsp3) is 0.412.